The van der Waals surface area contributed by atoms with Crippen molar-refractivity contribution in [3.8, 4) is 0 Å². The van der Waals surface area contributed by atoms with Crippen LogP contribution in [0.4, 0.5) is 0 Å². The second-order valence-electron chi connectivity index (χ2n) is 16.7. The summed E-state index contributed by atoms with van der Waals surface area (Å²) in [5.41, 5.74) is 0. The molecule has 0 spiro atoms. The number of nitrogens with zero attached hydrogens (tertiary/aromatic N) is 1. The predicted molar refractivity (Wildman–Crippen MR) is 240 cm³/mol. The van der Waals surface area contributed by atoms with Crippen molar-refractivity contribution in [1.82, 2.24) is 15.5 Å². The molecule has 0 aromatic rings. The Kier molecular flexibility index (Phi) is 42.7. The van der Waals surface area contributed by atoms with E-state index < -0.39 is 0 Å². The quantitative estimate of drug-likeness (QED) is 0.0408. The number of unbranched alkanes of at least 4 members (excludes halogenated alkanes) is 24. The van der Waals surface area contributed by atoms with Gasteiger partial charge in [-0.3, -0.25) is 19.2 Å². The number of carbonyl (C=O) groups excluding carboxylic acids is 4. The standard InChI is InChI=1S/C48H93N3O7/c1-4-7-10-13-16-17-18-24-32-41-57-47(55)42-49-45(53)36-29-25-31-38-51(39-40-52)37-30-23-19-22-28-35-46(54)50-43-48(56)58-44(33-26-20-14-11-8-5-2)34-27-21-15-12-9-6-3/h44,52H,4-43H2,1-3H3,(H,49,53)(H,50,54). The lowest BCUT2D eigenvalue weighted by atomic mass is 10.0. The van der Waals surface area contributed by atoms with Gasteiger partial charge >= 0.3 is 11.9 Å². The van der Waals surface area contributed by atoms with E-state index in [0.717, 1.165) is 103 Å². The Balaban J connectivity index is 3.99. The summed E-state index contributed by atoms with van der Waals surface area (Å²) >= 11 is 0. The summed E-state index contributed by atoms with van der Waals surface area (Å²) in [6.07, 6.45) is 35.8. The van der Waals surface area contributed by atoms with E-state index in [1.165, 1.54) is 109 Å². The van der Waals surface area contributed by atoms with Crippen molar-refractivity contribution in [3.05, 3.63) is 0 Å². The Morgan fingerprint density at radius 1 is 0.466 bits per heavy atom. The molecule has 0 unspecified atom stereocenters. The minimum absolute atomic E-state index is 0.0443. The number of rotatable bonds is 45. The summed E-state index contributed by atoms with van der Waals surface area (Å²) in [4.78, 5) is 51.5. The summed E-state index contributed by atoms with van der Waals surface area (Å²) in [5, 5.41) is 15.0. The molecule has 58 heavy (non-hydrogen) atoms. The molecular weight excluding hydrogens is 731 g/mol. The number of hydrogen-bond acceptors (Lipinski definition) is 8. The van der Waals surface area contributed by atoms with Crippen LogP contribution in [0.3, 0.4) is 0 Å². The number of aliphatic hydroxyl groups is 1. The van der Waals surface area contributed by atoms with Gasteiger partial charge in [0.25, 0.3) is 0 Å². The molecule has 0 radical (unpaired) electrons. The lowest BCUT2D eigenvalue weighted by Gasteiger charge is -2.21. The highest BCUT2D eigenvalue weighted by molar-refractivity contribution is 5.82. The van der Waals surface area contributed by atoms with Gasteiger partial charge < -0.3 is 30.1 Å². The van der Waals surface area contributed by atoms with Gasteiger partial charge in [-0.05, 0) is 70.9 Å². The number of hydrogen-bond donors (Lipinski definition) is 3. The number of aliphatic hydroxyl groups excluding tert-OH is 1. The monoisotopic (exact) mass is 824 g/mol. The van der Waals surface area contributed by atoms with Crippen molar-refractivity contribution in [1.29, 1.82) is 0 Å². The summed E-state index contributed by atoms with van der Waals surface area (Å²) < 4.78 is 11.1. The van der Waals surface area contributed by atoms with Crippen LogP contribution in [0.15, 0.2) is 0 Å². The van der Waals surface area contributed by atoms with Gasteiger partial charge in [-0.15, -0.1) is 0 Å². The van der Waals surface area contributed by atoms with Gasteiger partial charge in [0, 0.05) is 19.4 Å². The largest absolute Gasteiger partial charge is 0.464 e. The van der Waals surface area contributed by atoms with Gasteiger partial charge in [-0.25, -0.2) is 0 Å². The molecule has 0 saturated heterocycles. The van der Waals surface area contributed by atoms with E-state index >= 15 is 0 Å². The highest BCUT2D eigenvalue weighted by atomic mass is 16.5. The maximum Gasteiger partial charge on any atom is 0.325 e. The van der Waals surface area contributed by atoms with Gasteiger partial charge in [0.1, 0.15) is 19.2 Å². The van der Waals surface area contributed by atoms with E-state index in [9.17, 15) is 24.3 Å². The SMILES string of the molecule is CCCCCCCCCCCOC(=O)CNC(=O)CCCCCN(CCO)CCCCCCCC(=O)NCC(=O)OC(CCCCCCCC)CCCCCCCC. The average molecular weight is 824 g/mol. The van der Waals surface area contributed by atoms with Crippen LogP contribution < -0.4 is 10.6 Å². The molecule has 0 rings (SSSR count). The minimum Gasteiger partial charge on any atom is -0.464 e. The summed E-state index contributed by atoms with van der Waals surface area (Å²) in [7, 11) is 0. The third-order valence-electron chi connectivity index (χ3n) is 11.1. The van der Waals surface area contributed by atoms with Crippen LogP contribution in [0.2, 0.25) is 0 Å². The van der Waals surface area contributed by atoms with Crippen LogP contribution in [0.25, 0.3) is 0 Å². The highest BCUT2D eigenvalue weighted by Crippen LogP contribution is 2.17. The average Bonchev–Trinajstić information content (AvgIpc) is 3.21. The fraction of sp³-hybridized carbons (Fsp3) is 0.917. The van der Waals surface area contributed by atoms with E-state index in [2.05, 4.69) is 36.3 Å². The molecule has 2 amide bonds. The van der Waals surface area contributed by atoms with Gasteiger partial charge in [0.05, 0.1) is 13.2 Å². The lowest BCUT2D eigenvalue weighted by Crippen LogP contribution is -2.32. The first-order valence-electron chi connectivity index (χ1n) is 24.6. The maximum absolute atomic E-state index is 12.6. The number of esters is 2. The molecule has 10 heteroatoms. The molecule has 0 saturated carbocycles. The van der Waals surface area contributed by atoms with Gasteiger partial charge in [0.15, 0.2) is 0 Å². The lowest BCUT2D eigenvalue weighted by molar-refractivity contribution is -0.149. The van der Waals surface area contributed by atoms with Crippen molar-refractivity contribution in [2.75, 3.05) is 45.9 Å². The molecule has 0 atom stereocenters. The van der Waals surface area contributed by atoms with Crippen LogP contribution in [0.5, 0.6) is 0 Å². The normalized spacial score (nSPS) is 11.3. The number of ether oxygens (including phenoxy) is 2. The molecule has 0 aromatic carbocycles. The first kappa shape index (κ1) is 55.8. The molecule has 0 aromatic heterocycles. The Morgan fingerprint density at radius 2 is 0.845 bits per heavy atom. The summed E-state index contributed by atoms with van der Waals surface area (Å²) in [6.45, 7) is 9.57. The molecule has 0 aliphatic rings. The fourth-order valence-corrected chi connectivity index (χ4v) is 7.39. The highest BCUT2D eigenvalue weighted by Gasteiger charge is 2.15. The second kappa shape index (κ2) is 44.4. The molecule has 0 heterocycles. The first-order valence-corrected chi connectivity index (χ1v) is 24.6. The summed E-state index contributed by atoms with van der Waals surface area (Å²) in [5.74, 6) is -0.892. The Bertz CT molecular complexity index is 934. The van der Waals surface area contributed by atoms with Crippen molar-refractivity contribution in [2.45, 2.75) is 239 Å². The fourth-order valence-electron chi connectivity index (χ4n) is 7.39. The Labute approximate surface area is 356 Å². The van der Waals surface area contributed by atoms with Crippen LogP contribution >= 0.6 is 0 Å². The van der Waals surface area contributed by atoms with Crippen LogP contribution in [-0.4, -0.2) is 85.8 Å². The number of carbonyl (C=O) groups is 4. The predicted octanol–water partition coefficient (Wildman–Crippen LogP) is 10.9. The number of amides is 2. The maximum atomic E-state index is 12.6. The zero-order chi connectivity index (χ0) is 42.6. The van der Waals surface area contributed by atoms with Crippen molar-refractivity contribution in [3.63, 3.8) is 0 Å². The molecular formula is C48H93N3O7. The molecule has 0 fully saturated rings. The Morgan fingerprint density at radius 3 is 1.31 bits per heavy atom. The van der Waals surface area contributed by atoms with E-state index in [1.54, 1.807) is 0 Å². The first-order chi connectivity index (χ1) is 28.4. The van der Waals surface area contributed by atoms with Gasteiger partial charge in [0.2, 0.25) is 11.8 Å². The molecule has 3 N–H and O–H groups in total. The minimum atomic E-state index is -0.368. The molecule has 342 valence electrons. The van der Waals surface area contributed by atoms with E-state index in [1.807, 2.05) is 0 Å². The Hall–Kier alpha value is -2.20. The molecule has 0 aliphatic heterocycles. The molecule has 10 nitrogen and oxygen atoms in total. The third-order valence-corrected chi connectivity index (χ3v) is 11.1. The van der Waals surface area contributed by atoms with Crippen molar-refractivity contribution in [2.24, 2.45) is 0 Å². The van der Waals surface area contributed by atoms with E-state index in [0.29, 0.717) is 26.0 Å². The van der Waals surface area contributed by atoms with Crippen LogP contribution in [0, 0.1) is 0 Å². The van der Waals surface area contributed by atoms with Crippen LogP contribution in [0.1, 0.15) is 233 Å². The third kappa shape index (κ3) is 40.6. The topological polar surface area (TPSA) is 134 Å². The van der Waals surface area contributed by atoms with Gasteiger partial charge in [-0.1, -0.05) is 162 Å². The molecule has 0 aliphatic carbocycles. The van der Waals surface area contributed by atoms with E-state index in [4.69, 9.17) is 9.47 Å². The zero-order valence-corrected chi connectivity index (χ0v) is 38.2. The molecule has 0 bridgehead atoms. The van der Waals surface area contributed by atoms with Crippen LogP contribution in [-0.2, 0) is 28.7 Å². The van der Waals surface area contributed by atoms with E-state index in [-0.39, 0.29) is 49.6 Å². The van der Waals surface area contributed by atoms with Crippen molar-refractivity contribution >= 4 is 23.8 Å². The summed E-state index contributed by atoms with van der Waals surface area (Å²) in [6, 6.07) is 0. The van der Waals surface area contributed by atoms with Crippen molar-refractivity contribution < 1.29 is 33.8 Å². The smallest absolute Gasteiger partial charge is 0.325 e. The van der Waals surface area contributed by atoms with Gasteiger partial charge in [-0.2, -0.15) is 0 Å². The second-order valence-corrected chi connectivity index (χ2v) is 16.7. The zero-order valence-electron chi connectivity index (χ0n) is 38.2. The number of nitrogens with one attached hydrogen (secondary N) is 2.